The fourth-order valence-corrected chi connectivity index (χ4v) is 3.84. The van der Waals surface area contributed by atoms with Crippen molar-refractivity contribution < 1.29 is 9.96 Å². The van der Waals surface area contributed by atoms with Crippen LogP contribution in [0.2, 0.25) is 0 Å². The number of unbranched alkanes of at least 4 members (excludes halogenated alkanes) is 19. The summed E-state index contributed by atoms with van der Waals surface area (Å²) < 4.78 is 1.12. The fraction of sp³-hybridized carbons (Fsp3) is 1.00. The fourth-order valence-electron chi connectivity index (χ4n) is 3.84. The molecule has 0 saturated heterocycles. The minimum Gasteiger partial charge on any atom is -0.870 e. The van der Waals surface area contributed by atoms with Crippen molar-refractivity contribution in [2.24, 2.45) is 0 Å². The lowest BCUT2D eigenvalue weighted by Gasteiger charge is -2.23. The Labute approximate surface area is 173 Å². The summed E-state index contributed by atoms with van der Waals surface area (Å²) in [7, 11) is 6.90. The predicted molar refractivity (Wildman–Crippen MR) is 123 cm³/mol. The second kappa shape index (κ2) is 22.2. The Morgan fingerprint density at radius 2 is 0.593 bits per heavy atom. The molecule has 0 aliphatic rings. The minimum absolute atomic E-state index is 0. The molecule has 0 heterocycles. The summed E-state index contributed by atoms with van der Waals surface area (Å²) in [5.74, 6) is 0. The molecule has 0 atom stereocenters. The van der Waals surface area contributed by atoms with E-state index in [2.05, 4.69) is 28.1 Å². The molecule has 1 N–H and O–H groups in total. The van der Waals surface area contributed by atoms with Crippen LogP contribution in [0.3, 0.4) is 0 Å². The molecule has 2 heteroatoms. The molecule has 0 fully saturated rings. The number of quaternary nitrogens is 1. The maximum absolute atomic E-state index is 2.30. The van der Waals surface area contributed by atoms with Gasteiger partial charge in [0.25, 0.3) is 0 Å². The molecule has 0 radical (unpaired) electrons. The summed E-state index contributed by atoms with van der Waals surface area (Å²) in [4.78, 5) is 0. The normalized spacial score (nSPS) is 11.6. The number of nitrogens with zero attached hydrogens (tertiary/aromatic N) is 1. The average Bonchev–Trinajstić information content (AvgIpc) is 2.59. The molecule has 0 aromatic heterocycles. The Balaban J connectivity index is 0. The molecule has 0 rings (SSSR count). The highest BCUT2D eigenvalue weighted by molar-refractivity contribution is 4.50. The maximum atomic E-state index is 2.30. The predicted octanol–water partition coefficient (Wildman–Crippen LogP) is 8.34. The number of rotatable bonds is 21. The lowest BCUT2D eigenvalue weighted by atomic mass is 10.0. The number of hydrogen-bond donors (Lipinski definition) is 0. The zero-order chi connectivity index (χ0) is 19.3. The van der Waals surface area contributed by atoms with Crippen molar-refractivity contribution in [2.75, 3.05) is 27.7 Å². The molecule has 27 heavy (non-hydrogen) atoms. The molecule has 0 aromatic rings. The quantitative estimate of drug-likeness (QED) is 0.144. The van der Waals surface area contributed by atoms with Gasteiger partial charge in [-0.25, -0.2) is 0 Å². The van der Waals surface area contributed by atoms with Crippen LogP contribution in [0.15, 0.2) is 0 Å². The van der Waals surface area contributed by atoms with Gasteiger partial charge in [0, 0.05) is 0 Å². The van der Waals surface area contributed by atoms with Crippen LogP contribution in [0.1, 0.15) is 135 Å². The third-order valence-electron chi connectivity index (χ3n) is 5.68. The van der Waals surface area contributed by atoms with Gasteiger partial charge in [0.2, 0.25) is 0 Å². The van der Waals surface area contributed by atoms with Crippen LogP contribution in [0.4, 0.5) is 0 Å². The molecular weight excluding hydrogens is 330 g/mol. The van der Waals surface area contributed by atoms with Crippen molar-refractivity contribution in [3.05, 3.63) is 0 Å². The third kappa shape index (κ3) is 28.2. The first-order valence-electron chi connectivity index (χ1n) is 12.4. The van der Waals surface area contributed by atoms with Crippen LogP contribution in [-0.2, 0) is 0 Å². The summed E-state index contributed by atoms with van der Waals surface area (Å²) >= 11 is 0. The standard InChI is InChI=1S/C25H54N.H2O/c1-5-6-7-8-9-10-11-12-13-14-15-16-17-18-19-20-21-22-23-24-25-26(2,3)4;/h5-25H2,1-4H3;1H2/q+1;/p-1. The highest BCUT2D eigenvalue weighted by Crippen LogP contribution is 2.14. The van der Waals surface area contributed by atoms with Gasteiger partial charge in [0.15, 0.2) is 0 Å². The van der Waals surface area contributed by atoms with Crippen LogP contribution in [0.25, 0.3) is 0 Å². The summed E-state index contributed by atoms with van der Waals surface area (Å²) in [5, 5.41) is 0. The topological polar surface area (TPSA) is 30.0 Å². The van der Waals surface area contributed by atoms with E-state index < -0.39 is 0 Å². The van der Waals surface area contributed by atoms with E-state index in [0.29, 0.717) is 0 Å². The van der Waals surface area contributed by atoms with Gasteiger partial charge in [-0.3, -0.25) is 0 Å². The number of hydrogen-bond acceptors (Lipinski definition) is 1. The van der Waals surface area contributed by atoms with Gasteiger partial charge >= 0.3 is 0 Å². The smallest absolute Gasteiger partial charge is 0.0780 e. The van der Waals surface area contributed by atoms with E-state index in [1.807, 2.05) is 0 Å². The Bertz CT molecular complexity index is 260. The molecule has 2 nitrogen and oxygen atoms in total. The molecule has 0 amide bonds. The lowest BCUT2D eigenvalue weighted by molar-refractivity contribution is -0.870. The van der Waals surface area contributed by atoms with Crippen molar-refractivity contribution >= 4 is 0 Å². The average molecular weight is 386 g/mol. The van der Waals surface area contributed by atoms with Gasteiger partial charge < -0.3 is 9.96 Å². The Kier molecular flexibility index (Phi) is 24.0. The molecular formula is C25H55NO. The Morgan fingerprint density at radius 3 is 0.815 bits per heavy atom. The van der Waals surface area contributed by atoms with Crippen molar-refractivity contribution in [3.8, 4) is 0 Å². The second-order valence-corrected chi connectivity index (χ2v) is 9.73. The van der Waals surface area contributed by atoms with Crippen molar-refractivity contribution in [3.63, 3.8) is 0 Å². The van der Waals surface area contributed by atoms with Crippen LogP contribution in [0, 0.1) is 0 Å². The van der Waals surface area contributed by atoms with Crippen molar-refractivity contribution in [1.29, 1.82) is 0 Å². The summed E-state index contributed by atoms with van der Waals surface area (Å²) in [6.45, 7) is 3.63. The van der Waals surface area contributed by atoms with Crippen LogP contribution < -0.4 is 0 Å². The minimum atomic E-state index is 0. The van der Waals surface area contributed by atoms with Crippen LogP contribution in [-0.4, -0.2) is 37.6 Å². The molecule has 166 valence electrons. The zero-order valence-corrected chi connectivity index (χ0v) is 19.7. The van der Waals surface area contributed by atoms with E-state index >= 15 is 0 Å². The van der Waals surface area contributed by atoms with Gasteiger partial charge in [-0.05, 0) is 12.8 Å². The van der Waals surface area contributed by atoms with Crippen molar-refractivity contribution in [2.45, 2.75) is 135 Å². The van der Waals surface area contributed by atoms with E-state index in [1.165, 1.54) is 135 Å². The summed E-state index contributed by atoms with van der Waals surface area (Å²) in [6, 6.07) is 0. The first kappa shape index (κ1) is 29.1. The van der Waals surface area contributed by atoms with Gasteiger partial charge in [0.1, 0.15) is 0 Å². The highest BCUT2D eigenvalue weighted by atomic mass is 16.0. The molecule has 0 aliphatic heterocycles. The Hall–Kier alpha value is -0.0800. The van der Waals surface area contributed by atoms with Gasteiger partial charge in [-0.1, -0.05) is 122 Å². The van der Waals surface area contributed by atoms with E-state index in [9.17, 15) is 0 Å². The summed E-state index contributed by atoms with van der Waals surface area (Å²) in [5.41, 5.74) is 0. The molecule has 0 saturated carbocycles. The monoisotopic (exact) mass is 385 g/mol. The van der Waals surface area contributed by atoms with Gasteiger partial charge in [0.05, 0.1) is 27.7 Å². The molecule has 0 unspecified atom stereocenters. The highest BCUT2D eigenvalue weighted by Gasteiger charge is 2.04. The first-order valence-corrected chi connectivity index (χ1v) is 12.4. The first-order chi connectivity index (χ1) is 12.6. The molecule has 0 aliphatic carbocycles. The molecule has 0 aromatic carbocycles. The van der Waals surface area contributed by atoms with E-state index in [4.69, 9.17) is 0 Å². The maximum Gasteiger partial charge on any atom is 0.0780 e. The third-order valence-corrected chi connectivity index (χ3v) is 5.68. The van der Waals surface area contributed by atoms with Gasteiger partial charge in [-0.2, -0.15) is 0 Å². The molecule has 0 spiro atoms. The molecule has 0 bridgehead atoms. The van der Waals surface area contributed by atoms with E-state index in [1.54, 1.807) is 0 Å². The lowest BCUT2D eigenvalue weighted by Crippen LogP contribution is -2.35. The van der Waals surface area contributed by atoms with E-state index in [0.717, 1.165) is 4.48 Å². The second-order valence-electron chi connectivity index (χ2n) is 9.73. The van der Waals surface area contributed by atoms with Crippen molar-refractivity contribution in [1.82, 2.24) is 0 Å². The Morgan fingerprint density at radius 1 is 0.370 bits per heavy atom. The largest absolute Gasteiger partial charge is 0.870 e. The zero-order valence-electron chi connectivity index (χ0n) is 19.7. The van der Waals surface area contributed by atoms with Crippen LogP contribution >= 0.6 is 0 Å². The van der Waals surface area contributed by atoms with E-state index in [-0.39, 0.29) is 5.48 Å². The van der Waals surface area contributed by atoms with Gasteiger partial charge in [-0.15, -0.1) is 0 Å². The SMILES string of the molecule is CCCCCCCCCCCCCCCCCCCCCC[N+](C)(C)C.[OH-]. The van der Waals surface area contributed by atoms with Crippen LogP contribution in [0.5, 0.6) is 0 Å². The summed E-state index contributed by atoms with van der Waals surface area (Å²) in [6.07, 6.45) is 29.3.